The van der Waals surface area contributed by atoms with Gasteiger partial charge >= 0.3 is 12.6 Å². The zero-order chi connectivity index (χ0) is 31.6. The summed E-state index contributed by atoms with van der Waals surface area (Å²) in [6.07, 6.45) is 0.999. The number of benzene rings is 1. The summed E-state index contributed by atoms with van der Waals surface area (Å²) in [4.78, 5) is 32.7. The average Bonchev–Trinajstić information content (AvgIpc) is 3.17. The number of hydrogen-bond acceptors (Lipinski definition) is 11. The highest BCUT2D eigenvalue weighted by Crippen LogP contribution is 2.44. The molecule has 0 atom stereocenters. The molecule has 4 rings (SSSR count). The molecule has 1 aliphatic rings. The summed E-state index contributed by atoms with van der Waals surface area (Å²) >= 11 is 0. The molecule has 3 N–H and O–H groups in total. The van der Waals surface area contributed by atoms with Crippen molar-refractivity contribution >= 4 is 40.5 Å². The predicted molar refractivity (Wildman–Crippen MR) is 164 cm³/mol. The van der Waals surface area contributed by atoms with Gasteiger partial charge in [-0.3, -0.25) is 4.98 Å². The molecule has 232 valence electrons. The van der Waals surface area contributed by atoms with E-state index >= 15 is 0 Å². The number of fused-ring (bicyclic) bond motifs is 1. The number of carbonyl (C=O) groups is 1. The average molecular weight is 599 g/mol. The molecule has 2 aromatic heterocycles. The van der Waals surface area contributed by atoms with Crippen molar-refractivity contribution in [1.29, 1.82) is 0 Å². The minimum absolute atomic E-state index is 0.0506. The minimum atomic E-state index is -3.08. The van der Waals surface area contributed by atoms with Gasteiger partial charge in [0.05, 0.1) is 34.5 Å². The van der Waals surface area contributed by atoms with Crippen molar-refractivity contribution in [3.8, 4) is 5.75 Å². The Hall–Kier alpha value is -4.26. The number of aromatic nitrogens is 3. The molecule has 0 aliphatic carbocycles. The summed E-state index contributed by atoms with van der Waals surface area (Å²) in [7, 11) is 5.71. The standard InChI is InChI=1S/C30H40F2N8O3/c1-17(2)42-27(41)19-15-34-29(37-26(19)40-16-30(4,5)25-22(40)10-9-18(3)35-25)36-21-13-20(33)23(14-24(21)43-28(31)32)39(8)12-11-38(6)7/h9-10,13-15,17,28H,11-12,16,33H2,1-8H3,(H,34,36,37). The largest absolute Gasteiger partial charge is 0.459 e. The second-order valence-corrected chi connectivity index (χ2v) is 11.8. The molecule has 0 spiro atoms. The van der Waals surface area contributed by atoms with Gasteiger partial charge in [-0.15, -0.1) is 0 Å². The maximum absolute atomic E-state index is 13.5. The number of pyridine rings is 1. The fourth-order valence-electron chi connectivity index (χ4n) is 4.87. The van der Waals surface area contributed by atoms with E-state index in [0.29, 0.717) is 30.3 Å². The van der Waals surface area contributed by atoms with Gasteiger partial charge in [0.15, 0.2) is 11.6 Å². The SMILES string of the molecule is Cc1ccc2c(n1)C(C)(C)CN2c1nc(Nc2cc(N)c(N(C)CCN(C)C)cc2OC(F)F)ncc1C(=O)OC(C)C. The summed E-state index contributed by atoms with van der Waals surface area (Å²) in [6.45, 7) is 8.32. The van der Waals surface area contributed by atoms with Crippen molar-refractivity contribution < 1.29 is 23.0 Å². The number of ether oxygens (including phenoxy) is 2. The summed E-state index contributed by atoms with van der Waals surface area (Å²) < 4.78 is 37.3. The Morgan fingerprint density at radius 3 is 2.53 bits per heavy atom. The normalized spacial score (nSPS) is 13.9. The number of nitrogen functional groups attached to an aromatic ring is 1. The molecule has 43 heavy (non-hydrogen) atoms. The van der Waals surface area contributed by atoms with Crippen molar-refractivity contribution in [2.24, 2.45) is 0 Å². The number of nitrogens with two attached hydrogens (primary N) is 1. The highest BCUT2D eigenvalue weighted by Gasteiger charge is 2.39. The second-order valence-electron chi connectivity index (χ2n) is 11.8. The van der Waals surface area contributed by atoms with E-state index < -0.39 is 12.6 Å². The third-order valence-electron chi connectivity index (χ3n) is 6.97. The lowest BCUT2D eigenvalue weighted by Crippen LogP contribution is -2.29. The van der Waals surface area contributed by atoms with Crippen LogP contribution in [0.2, 0.25) is 0 Å². The van der Waals surface area contributed by atoms with E-state index in [4.69, 9.17) is 25.2 Å². The Kier molecular flexibility index (Phi) is 9.24. The molecule has 11 nitrogen and oxygen atoms in total. The molecule has 0 radical (unpaired) electrons. The molecule has 0 bridgehead atoms. The van der Waals surface area contributed by atoms with E-state index in [2.05, 4.69) is 24.1 Å². The first-order valence-electron chi connectivity index (χ1n) is 14.0. The first-order valence-corrected chi connectivity index (χ1v) is 14.0. The third-order valence-corrected chi connectivity index (χ3v) is 6.97. The van der Waals surface area contributed by atoms with Crippen LogP contribution in [0.15, 0.2) is 30.5 Å². The van der Waals surface area contributed by atoms with Gasteiger partial charge in [0.1, 0.15) is 5.56 Å². The first-order chi connectivity index (χ1) is 20.2. The van der Waals surface area contributed by atoms with Gasteiger partial charge < -0.3 is 35.2 Å². The monoisotopic (exact) mass is 598 g/mol. The van der Waals surface area contributed by atoms with Gasteiger partial charge in [0.2, 0.25) is 5.95 Å². The smallest absolute Gasteiger partial charge is 0.387 e. The molecular weight excluding hydrogens is 558 g/mol. The van der Waals surface area contributed by atoms with Crippen LogP contribution in [0.1, 0.15) is 49.4 Å². The Bertz CT molecular complexity index is 1480. The van der Waals surface area contributed by atoms with Gasteiger partial charge in [-0.1, -0.05) is 13.8 Å². The Balaban J connectivity index is 1.77. The number of aryl methyl sites for hydroxylation is 1. The molecule has 0 amide bonds. The lowest BCUT2D eigenvalue weighted by molar-refractivity contribution is -0.0493. The fraction of sp³-hybridized carbons (Fsp3) is 0.467. The number of alkyl halides is 2. The van der Waals surface area contributed by atoms with Crippen LogP contribution in [0.3, 0.4) is 0 Å². The highest BCUT2D eigenvalue weighted by molar-refractivity contribution is 5.96. The Morgan fingerprint density at radius 2 is 1.88 bits per heavy atom. The van der Waals surface area contributed by atoms with Gasteiger partial charge in [0, 0.05) is 50.1 Å². The second kappa shape index (κ2) is 12.5. The van der Waals surface area contributed by atoms with Crippen molar-refractivity contribution in [3.05, 3.63) is 47.4 Å². The molecule has 1 aromatic carbocycles. The van der Waals surface area contributed by atoms with Crippen molar-refractivity contribution in [2.45, 2.75) is 52.7 Å². The van der Waals surface area contributed by atoms with E-state index in [1.807, 2.05) is 54.9 Å². The highest BCUT2D eigenvalue weighted by atomic mass is 19.3. The molecule has 0 fully saturated rings. The van der Waals surface area contributed by atoms with E-state index in [9.17, 15) is 13.6 Å². The molecular formula is C30H40F2N8O3. The van der Waals surface area contributed by atoms with Gasteiger partial charge in [-0.2, -0.15) is 13.8 Å². The van der Waals surface area contributed by atoms with Crippen LogP contribution in [-0.2, 0) is 10.2 Å². The summed E-state index contributed by atoms with van der Waals surface area (Å²) in [6, 6.07) is 6.81. The molecule has 0 saturated carbocycles. The van der Waals surface area contributed by atoms with Crippen LogP contribution in [0.5, 0.6) is 5.75 Å². The summed E-state index contributed by atoms with van der Waals surface area (Å²) in [5.74, 6) is -0.366. The number of carbonyl (C=O) groups excluding carboxylic acids is 1. The van der Waals surface area contributed by atoms with Crippen LogP contribution >= 0.6 is 0 Å². The Morgan fingerprint density at radius 1 is 1.16 bits per heavy atom. The molecule has 0 saturated heterocycles. The number of nitrogens with zero attached hydrogens (tertiary/aromatic N) is 6. The van der Waals surface area contributed by atoms with Crippen molar-refractivity contribution in [1.82, 2.24) is 19.9 Å². The molecule has 3 heterocycles. The van der Waals surface area contributed by atoms with Crippen LogP contribution < -0.4 is 25.6 Å². The number of anilines is 6. The Labute approximate surface area is 251 Å². The van der Waals surface area contributed by atoms with Crippen LogP contribution in [0, 0.1) is 6.92 Å². The zero-order valence-electron chi connectivity index (χ0n) is 25.9. The third kappa shape index (κ3) is 7.22. The van der Waals surface area contributed by atoms with Gasteiger partial charge in [0.25, 0.3) is 0 Å². The molecule has 1 aliphatic heterocycles. The number of hydrogen-bond donors (Lipinski definition) is 2. The maximum Gasteiger partial charge on any atom is 0.387 e. The van der Waals surface area contributed by atoms with Crippen LogP contribution in [0.25, 0.3) is 0 Å². The van der Waals surface area contributed by atoms with Gasteiger partial charge in [-0.05, 0) is 53.1 Å². The summed E-state index contributed by atoms with van der Waals surface area (Å²) in [5.41, 5.74) is 9.75. The minimum Gasteiger partial charge on any atom is -0.459 e. The van der Waals surface area contributed by atoms with Crippen LogP contribution in [-0.4, -0.2) is 79.3 Å². The zero-order valence-corrected chi connectivity index (χ0v) is 25.9. The topological polar surface area (TPSA) is 122 Å². The fourth-order valence-corrected chi connectivity index (χ4v) is 4.87. The van der Waals surface area contributed by atoms with E-state index in [0.717, 1.165) is 23.6 Å². The number of rotatable bonds is 11. The molecule has 3 aromatic rings. The predicted octanol–water partition coefficient (Wildman–Crippen LogP) is 5.10. The number of likely N-dealkylation sites (N-methyl/N-ethyl adjacent to an activating group) is 2. The van der Waals surface area contributed by atoms with E-state index in [1.165, 1.54) is 18.3 Å². The van der Waals surface area contributed by atoms with Crippen LogP contribution in [0.4, 0.5) is 43.3 Å². The lowest BCUT2D eigenvalue weighted by atomic mass is 9.91. The number of halogens is 2. The number of nitrogens with one attached hydrogen (secondary N) is 1. The van der Waals surface area contributed by atoms with E-state index in [-0.39, 0.29) is 34.5 Å². The van der Waals surface area contributed by atoms with Crippen molar-refractivity contribution in [3.63, 3.8) is 0 Å². The number of esters is 1. The molecule has 0 unspecified atom stereocenters. The lowest BCUT2D eigenvalue weighted by Gasteiger charge is -2.25. The maximum atomic E-state index is 13.5. The quantitative estimate of drug-likeness (QED) is 0.226. The van der Waals surface area contributed by atoms with Crippen molar-refractivity contribution in [2.75, 3.05) is 61.6 Å². The molecule has 13 heteroatoms. The first kappa shape index (κ1) is 31.7. The van der Waals surface area contributed by atoms with E-state index in [1.54, 1.807) is 13.8 Å². The van der Waals surface area contributed by atoms with Gasteiger partial charge in [-0.25, -0.2) is 9.78 Å². The summed E-state index contributed by atoms with van der Waals surface area (Å²) in [5, 5.41) is 2.98.